The number of imide groups is 1. The van der Waals surface area contributed by atoms with Crippen molar-refractivity contribution in [3.63, 3.8) is 0 Å². The zero-order chi connectivity index (χ0) is 10.7. The Bertz CT molecular complexity index is 261. The van der Waals surface area contributed by atoms with E-state index in [2.05, 4.69) is 10.6 Å². The molecule has 3 amide bonds. The third-order valence-electron chi connectivity index (χ3n) is 3.03. The molecule has 2 heterocycles. The Morgan fingerprint density at radius 2 is 2.20 bits per heavy atom. The van der Waals surface area contributed by atoms with E-state index in [4.69, 9.17) is 0 Å². The number of piperidine rings is 1. The maximum atomic E-state index is 11.2. The number of urea groups is 1. The van der Waals surface area contributed by atoms with Gasteiger partial charge in [0.25, 0.3) is 0 Å². The lowest BCUT2D eigenvalue weighted by atomic mass is 10.0. The summed E-state index contributed by atoms with van der Waals surface area (Å²) in [5.41, 5.74) is 0. The van der Waals surface area contributed by atoms with Crippen LogP contribution in [0.3, 0.4) is 0 Å². The summed E-state index contributed by atoms with van der Waals surface area (Å²) < 4.78 is 0. The second-order valence-electron chi connectivity index (χ2n) is 4.21. The Kier molecular flexibility index (Phi) is 3.20. The number of hydrogen-bond donors (Lipinski definition) is 2. The average Bonchev–Trinajstić information content (AvgIpc) is 2.56. The van der Waals surface area contributed by atoms with Gasteiger partial charge < -0.3 is 10.2 Å². The minimum Gasteiger partial charge on any atom is -0.315 e. The number of carbonyl (C=O) groups excluding carboxylic acids is 2. The van der Waals surface area contributed by atoms with E-state index in [1.165, 1.54) is 19.3 Å². The Labute approximate surface area is 89.2 Å². The van der Waals surface area contributed by atoms with Crippen molar-refractivity contribution >= 4 is 11.9 Å². The molecule has 2 aliphatic heterocycles. The van der Waals surface area contributed by atoms with Crippen LogP contribution in [0.25, 0.3) is 0 Å². The molecule has 0 aliphatic carbocycles. The Morgan fingerprint density at radius 3 is 2.80 bits per heavy atom. The lowest BCUT2D eigenvalue weighted by Crippen LogP contribution is -2.38. The molecule has 2 rings (SSSR count). The molecule has 0 aromatic heterocycles. The molecular weight excluding hydrogens is 194 g/mol. The second-order valence-corrected chi connectivity index (χ2v) is 4.21. The summed E-state index contributed by atoms with van der Waals surface area (Å²) in [6.07, 6.45) is 4.64. The van der Waals surface area contributed by atoms with Crippen molar-refractivity contribution in [3.05, 3.63) is 0 Å². The summed E-state index contributed by atoms with van der Waals surface area (Å²) in [6.45, 7) is 1.98. The molecule has 2 aliphatic rings. The molecular formula is C10H17N3O2. The molecule has 0 aromatic carbocycles. The molecule has 0 saturated carbocycles. The van der Waals surface area contributed by atoms with Crippen molar-refractivity contribution in [2.45, 2.75) is 31.7 Å². The molecule has 0 aromatic rings. The van der Waals surface area contributed by atoms with E-state index in [0.29, 0.717) is 12.6 Å². The lowest BCUT2D eigenvalue weighted by molar-refractivity contribution is -0.118. The molecule has 0 radical (unpaired) electrons. The highest BCUT2D eigenvalue weighted by Crippen LogP contribution is 2.11. The van der Waals surface area contributed by atoms with E-state index in [0.717, 1.165) is 13.0 Å². The Hall–Kier alpha value is -1.10. The van der Waals surface area contributed by atoms with Crippen LogP contribution >= 0.6 is 0 Å². The maximum Gasteiger partial charge on any atom is 0.324 e. The van der Waals surface area contributed by atoms with Crippen LogP contribution in [0.5, 0.6) is 0 Å². The predicted octanol–water partition coefficient (Wildman–Crippen LogP) is 0.0704. The monoisotopic (exact) mass is 211 g/mol. The van der Waals surface area contributed by atoms with Gasteiger partial charge in [-0.15, -0.1) is 0 Å². The minimum atomic E-state index is -0.240. The largest absolute Gasteiger partial charge is 0.324 e. The van der Waals surface area contributed by atoms with E-state index in [-0.39, 0.29) is 18.5 Å². The molecule has 5 nitrogen and oxygen atoms in total. The summed E-state index contributed by atoms with van der Waals surface area (Å²) in [5, 5.41) is 5.71. The summed E-state index contributed by atoms with van der Waals surface area (Å²) >= 11 is 0. The van der Waals surface area contributed by atoms with Crippen molar-refractivity contribution in [2.24, 2.45) is 0 Å². The Morgan fingerprint density at radius 1 is 1.33 bits per heavy atom. The van der Waals surface area contributed by atoms with E-state index in [1.807, 2.05) is 0 Å². The van der Waals surface area contributed by atoms with Gasteiger partial charge in [-0.05, 0) is 25.8 Å². The van der Waals surface area contributed by atoms with Gasteiger partial charge in [0.2, 0.25) is 5.91 Å². The molecule has 0 bridgehead atoms. The van der Waals surface area contributed by atoms with Crippen LogP contribution in [0.2, 0.25) is 0 Å². The highest BCUT2D eigenvalue weighted by Gasteiger charge is 2.26. The van der Waals surface area contributed by atoms with Crippen LogP contribution in [-0.4, -0.2) is 42.5 Å². The van der Waals surface area contributed by atoms with Crippen molar-refractivity contribution in [3.8, 4) is 0 Å². The molecule has 5 heteroatoms. The van der Waals surface area contributed by atoms with Gasteiger partial charge in [0.15, 0.2) is 0 Å². The normalized spacial score (nSPS) is 26.9. The van der Waals surface area contributed by atoms with Crippen molar-refractivity contribution in [1.29, 1.82) is 0 Å². The first kappa shape index (κ1) is 10.4. The van der Waals surface area contributed by atoms with Crippen LogP contribution in [-0.2, 0) is 4.79 Å². The fourth-order valence-electron chi connectivity index (χ4n) is 2.15. The van der Waals surface area contributed by atoms with Gasteiger partial charge in [0.05, 0.1) is 0 Å². The number of nitrogens with one attached hydrogen (secondary N) is 2. The lowest BCUT2D eigenvalue weighted by Gasteiger charge is -2.25. The number of carbonyl (C=O) groups is 2. The van der Waals surface area contributed by atoms with Gasteiger partial charge in [-0.3, -0.25) is 10.1 Å². The average molecular weight is 211 g/mol. The predicted molar refractivity (Wildman–Crippen MR) is 55.4 cm³/mol. The van der Waals surface area contributed by atoms with Gasteiger partial charge in [0.1, 0.15) is 6.54 Å². The smallest absolute Gasteiger partial charge is 0.315 e. The van der Waals surface area contributed by atoms with Crippen LogP contribution in [0, 0.1) is 0 Å². The summed E-state index contributed by atoms with van der Waals surface area (Å²) in [5.74, 6) is -0.184. The fraction of sp³-hybridized carbons (Fsp3) is 0.800. The molecule has 1 atom stereocenters. The molecule has 0 spiro atoms. The van der Waals surface area contributed by atoms with Crippen molar-refractivity contribution in [2.75, 3.05) is 19.6 Å². The van der Waals surface area contributed by atoms with Gasteiger partial charge >= 0.3 is 6.03 Å². The zero-order valence-electron chi connectivity index (χ0n) is 8.79. The minimum absolute atomic E-state index is 0.184. The van der Waals surface area contributed by atoms with Gasteiger partial charge in [0, 0.05) is 12.6 Å². The van der Waals surface area contributed by atoms with Crippen LogP contribution in [0.1, 0.15) is 25.7 Å². The van der Waals surface area contributed by atoms with E-state index in [9.17, 15) is 9.59 Å². The molecule has 2 N–H and O–H groups in total. The van der Waals surface area contributed by atoms with Crippen LogP contribution < -0.4 is 10.6 Å². The van der Waals surface area contributed by atoms with E-state index >= 15 is 0 Å². The zero-order valence-corrected chi connectivity index (χ0v) is 8.79. The van der Waals surface area contributed by atoms with Gasteiger partial charge in [-0.1, -0.05) is 6.42 Å². The first-order valence-corrected chi connectivity index (χ1v) is 5.58. The molecule has 15 heavy (non-hydrogen) atoms. The second kappa shape index (κ2) is 4.61. The van der Waals surface area contributed by atoms with Crippen molar-refractivity contribution < 1.29 is 9.59 Å². The molecule has 2 saturated heterocycles. The SMILES string of the molecule is O=C1CN(CCC2CCCCN2)C(=O)N1. The quantitative estimate of drug-likeness (QED) is 0.649. The first-order chi connectivity index (χ1) is 7.25. The summed E-state index contributed by atoms with van der Waals surface area (Å²) in [6, 6.07) is 0.276. The standard InChI is InChI=1S/C10H17N3O2/c14-9-7-13(10(15)12-9)6-4-8-3-1-2-5-11-8/h8,11H,1-7H2,(H,12,14,15). The third-order valence-corrected chi connectivity index (χ3v) is 3.03. The van der Waals surface area contributed by atoms with E-state index in [1.54, 1.807) is 4.90 Å². The Balaban J connectivity index is 1.73. The number of hydrogen-bond acceptors (Lipinski definition) is 3. The van der Waals surface area contributed by atoms with Crippen molar-refractivity contribution in [1.82, 2.24) is 15.5 Å². The molecule has 2 fully saturated rings. The number of nitrogens with zero attached hydrogens (tertiary/aromatic N) is 1. The van der Waals surface area contributed by atoms with Crippen LogP contribution in [0.15, 0.2) is 0 Å². The third kappa shape index (κ3) is 2.68. The number of amides is 3. The topological polar surface area (TPSA) is 61.4 Å². The van der Waals surface area contributed by atoms with E-state index < -0.39 is 0 Å². The molecule has 1 unspecified atom stereocenters. The summed E-state index contributed by atoms with van der Waals surface area (Å²) in [4.78, 5) is 23.7. The van der Waals surface area contributed by atoms with Gasteiger partial charge in [-0.25, -0.2) is 4.79 Å². The fourth-order valence-corrected chi connectivity index (χ4v) is 2.15. The maximum absolute atomic E-state index is 11.2. The first-order valence-electron chi connectivity index (χ1n) is 5.58. The number of rotatable bonds is 3. The molecule has 84 valence electrons. The highest BCUT2D eigenvalue weighted by atomic mass is 16.2. The van der Waals surface area contributed by atoms with Crippen LogP contribution in [0.4, 0.5) is 4.79 Å². The van der Waals surface area contributed by atoms with Gasteiger partial charge in [-0.2, -0.15) is 0 Å². The highest BCUT2D eigenvalue weighted by molar-refractivity contribution is 6.01. The summed E-state index contributed by atoms with van der Waals surface area (Å²) in [7, 11) is 0.